The molecule has 0 heterocycles. The summed E-state index contributed by atoms with van der Waals surface area (Å²) in [4.78, 5) is 12.4. The molecule has 0 aliphatic carbocycles. The molecule has 0 saturated carbocycles. The maximum Gasteiger partial charge on any atom is 0.534 e. The fourth-order valence-electron chi connectivity index (χ4n) is 2.85. The first-order valence-electron chi connectivity index (χ1n) is 8.87. The van der Waals surface area contributed by atoms with Crippen LogP contribution in [0.5, 0.6) is 5.75 Å². The first-order chi connectivity index (χ1) is 14.9. The van der Waals surface area contributed by atoms with Crippen molar-refractivity contribution in [2.75, 3.05) is 5.32 Å². The zero-order chi connectivity index (χ0) is 23.7. The van der Waals surface area contributed by atoms with Gasteiger partial charge >= 0.3 is 15.6 Å². The van der Waals surface area contributed by atoms with Crippen LogP contribution in [-0.2, 0) is 10.1 Å². The minimum absolute atomic E-state index is 0.313. The summed E-state index contributed by atoms with van der Waals surface area (Å²) in [6.45, 7) is 1.55. The van der Waals surface area contributed by atoms with Gasteiger partial charge < -0.3 is 9.50 Å². The molecule has 0 atom stereocenters. The van der Waals surface area contributed by atoms with Gasteiger partial charge in [0.25, 0.3) is 5.91 Å². The lowest BCUT2D eigenvalue weighted by atomic mass is 9.99. The van der Waals surface area contributed by atoms with Crippen LogP contribution >= 0.6 is 0 Å². The van der Waals surface area contributed by atoms with Gasteiger partial charge in [-0.2, -0.15) is 21.6 Å². The molecule has 32 heavy (non-hydrogen) atoms. The van der Waals surface area contributed by atoms with Crippen LogP contribution in [0.4, 0.5) is 27.6 Å². The Hall–Kier alpha value is -3.47. The SMILES string of the molecule is Cc1cc(NC(=O)c2c(F)cccc2F)c(OS(=O)(=O)C(F)(F)F)cc1-c1ccccc1. The van der Waals surface area contributed by atoms with Crippen LogP contribution in [-0.4, -0.2) is 19.8 Å². The van der Waals surface area contributed by atoms with Crippen LogP contribution in [0.25, 0.3) is 11.1 Å². The number of carbonyl (C=O) groups is 1. The van der Waals surface area contributed by atoms with Crippen molar-refractivity contribution in [3.63, 3.8) is 0 Å². The van der Waals surface area contributed by atoms with Crippen LogP contribution in [0.3, 0.4) is 0 Å². The van der Waals surface area contributed by atoms with Gasteiger partial charge in [0, 0.05) is 0 Å². The molecule has 5 nitrogen and oxygen atoms in total. The van der Waals surface area contributed by atoms with Gasteiger partial charge in [0.15, 0.2) is 5.75 Å². The number of hydrogen-bond acceptors (Lipinski definition) is 4. The molecule has 0 saturated heterocycles. The second-order valence-electron chi connectivity index (χ2n) is 6.56. The molecule has 11 heteroatoms. The lowest BCUT2D eigenvalue weighted by molar-refractivity contribution is -0.0499. The molecule has 1 N–H and O–H groups in total. The van der Waals surface area contributed by atoms with E-state index in [9.17, 15) is 35.2 Å². The fourth-order valence-corrected chi connectivity index (χ4v) is 3.32. The summed E-state index contributed by atoms with van der Waals surface area (Å²) in [6, 6.07) is 13.0. The average Bonchev–Trinajstić information content (AvgIpc) is 2.69. The molecule has 1 amide bonds. The van der Waals surface area contributed by atoms with Crippen molar-refractivity contribution in [1.82, 2.24) is 0 Å². The van der Waals surface area contributed by atoms with Gasteiger partial charge in [0.05, 0.1) is 5.69 Å². The Bertz CT molecular complexity index is 1260. The highest BCUT2D eigenvalue weighted by molar-refractivity contribution is 7.88. The van der Waals surface area contributed by atoms with Gasteiger partial charge in [-0.1, -0.05) is 36.4 Å². The number of rotatable bonds is 5. The largest absolute Gasteiger partial charge is 0.534 e. The van der Waals surface area contributed by atoms with Crippen LogP contribution in [0.1, 0.15) is 15.9 Å². The Labute approximate surface area is 179 Å². The quantitative estimate of drug-likeness (QED) is 0.306. The van der Waals surface area contributed by atoms with E-state index in [0.717, 1.165) is 30.3 Å². The number of halogens is 5. The van der Waals surface area contributed by atoms with Crippen LogP contribution in [0.2, 0.25) is 0 Å². The third-order valence-electron chi connectivity index (χ3n) is 4.33. The van der Waals surface area contributed by atoms with Crippen molar-refractivity contribution in [3.8, 4) is 16.9 Å². The van der Waals surface area contributed by atoms with Gasteiger partial charge in [-0.3, -0.25) is 4.79 Å². The molecule has 0 fully saturated rings. The third-order valence-corrected chi connectivity index (χ3v) is 5.30. The molecule has 0 aromatic heterocycles. The molecule has 0 bridgehead atoms. The van der Waals surface area contributed by atoms with E-state index in [1.165, 1.54) is 0 Å². The Morgan fingerprint density at radius 2 is 1.53 bits per heavy atom. The highest BCUT2D eigenvalue weighted by atomic mass is 32.2. The summed E-state index contributed by atoms with van der Waals surface area (Å²) in [5.74, 6) is -4.66. The van der Waals surface area contributed by atoms with Gasteiger partial charge in [-0.25, -0.2) is 8.78 Å². The molecule has 0 spiro atoms. The Morgan fingerprint density at radius 3 is 2.09 bits per heavy atom. The van der Waals surface area contributed by atoms with E-state index in [-0.39, 0.29) is 0 Å². The molecule has 3 aromatic rings. The smallest absolute Gasteiger partial charge is 0.374 e. The fraction of sp³-hybridized carbons (Fsp3) is 0.0952. The number of anilines is 1. The molecule has 0 aliphatic heterocycles. The van der Waals surface area contributed by atoms with E-state index in [2.05, 4.69) is 4.18 Å². The Balaban J connectivity index is 2.12. The highest BCUT2D eigenvalue weighted by Gasteiger charge is 2.49. The number of benzene rings is 3. The van der Waals surface area contributed by atoms with E-state index < -0.39 is 50.2 Å². The molecule has 3 aromatic carbocycles. The van der Waals surface area contributed by atoms with Gasteiger partial charge in [0.2, 0.25) is 0 Å². The van der Waals surface area contributed by atoms with E-state index in [1.54, 1.807) is 37.3 Å². The number of alkyl halides is 3. The highest BCUT2D eigenvalue weighted by Crippen LogP contribution is 2.37. The van der Waals surface area contributed by atoms with Gasteiger partial charge in [0.1, 0.15) is 17.2 Å². The van der Waals surface area contributed by atoms with Crippen molar-refractivity contribution in [3.05, 3.63) is 83.4 Å². The van der Waals surface area contributed by atoms with E-state index in [0.29, 0.717) is 16.7 Å². The topological polar surface area (TPSA) is 72.5 Å². The zero-order valence-corrected chi connectivity index (χ0v) is 17.0. The van der Waals surface area contributed by atoms with Crippen molar-refractivity contribution in [2.24, 2.45) is 0 Å². The lowest BCUT2D eigenvalue weighted by Gasteiger charge is -2.17. The standard InChI is InChI=1S/C21H14F5NO4S/c1-12-10-17(27-20(28)19-15(22)8-5-9-16(19)23)18(31-32(29,30)21(24,25)26)11-14(12)13-6-3-2-4-7-13/h2-11H,1H3,(H,27,28). The number of carbonyl (C=O) groups excluding carboxylic acids is 1. The molecule has 0 unspecified atom stereocenters. The van der Waals surface area contributed by atoms with Crippen LogP contribution in [0, 0.1) is 18.6 Å². The summed E-state index contributed by atoms with van der Waals surface area (Å²) in [6.07, 6.45) is 0. The monoisotopic (exact) mass is 471 g/mol. The summed E-state index contributed by atoms with van der Waals surface area (Å²) >= 11 is 0. The maximum absolute atomic E-state index is 13.9. The third kappa shape index (κ3) is 4.72. The number of nitrogens with one attached hydrogen (secondary N) is 1. The van der Waals surface area contributed by atoms with Crippen LogP contribution in [0.15, 0.2) is 60.7 Å². The van der Waals surface area contributed by atoms with Gasteiger partial charge in [-0.15, -0.1) is 0 Å². The van der Waals surface area contributed by atoms with Crippen molar-refractivity contribution >= 4 is 21.7 Å². The zero-order valence-electron chi connectivity index (χ0n) is 16.2. The second-order valence-corrected chi connectivity index (χ2v) is 8.10. The Kier molecular flexibility index (Phi) is 6.22. The van der Waals surface area contributed by atoms with Crippen molar-refractivity contribution in [2.45, 2.75) is 12.4 Å². The number of aryl methyl sites for hydroxylation is 1. The summed E-state index contributed by atoms with van der Waals surface area (Å²) in [5, 5.41) is 2.03. The van der Waals surface area contributed by atoms with Gasteiger partial charge in [-0.05, 0) is 47.9 Å². The van der Waals surface area contributed by atoms with E-state index >= 15 is 0 Å². The normalized spacial score (nSPS) is 11.8. The lowest BCUT2D eigenvalue weighted by Crippen LogP contribution is -2.28. The predicted octanol–water partition coefficient (Wildman–Crippen LogP) is 5.42. The summed E-state index contributed by atoms with van der Waals surface area (Å²) in [5.41, 5.74) is -6.02. The number of hydrogen-bond donors (Lipinski definition) is 1. The Morgan fingerprint density at radius 1 is 0.938 bits per heavy atom. The maximum atomic E-state index is 13.9. The van der Waals surface area contributed by atoms with Crippen LogP contribution < -0.4 is 9.50 Å². The molecule has 168 valence electrons. The minimum atomic E-state index is -6.10. The first kappa shape index (κ1) is 23.2. The molecule has 0 radical (unpaired) electrons. The summed E-state index contributed by atoms with van der Waals surface area (Å²) in [7, 11) is -6.10. The molecule has 3 rings (SSSR count). The minimum Gasteiger partial charge on any atom is -0.374 e. The second kappa shape index (κ2) is 8.58. The van der Waals surface area contributed by atoms with E-state index in [1.807, 2.05) is 5.32 Å². The summed E-state index contributed by atoms with van der Waals surface area (Å²) < 4.78 is 93.9. The molecular formula is C21H14F5NO4S. The van der Waals surface area contributed by atoms with E-state index in [4.69, 9.17) is 0 Å². The average molecular weight is 471 g/mol. The number of amides is 1. The van der Waals surface area contributed by atoms with Crippen molar-refractivity contribution < 1.29 is 39.3 Å². The predicted molar refractivity (Wildman–Crippen MR) is 107 cm³/mol. The molecular weight excluding hydrogens is 457 g/mol. The first-order valence-corrected chi connectivity index (χ1v) is 10.3. The molecule has 0 aliphatic rings. The van der Waals surface area contributed by atoms with Crippen molar-refractivity contribution in [1.29, 1.82) is 0 Å².